The Morgan fingerprint density at radius 3 is 2.64 bits per heavy atom. The molecule has 1 N–H and O–H groups in total. The van der Waals surface area contributed by atoms with Gasteiger partial charge in [-0.2, -0.15) is 4.31 Å². The van der Waals surface area contributed by atoms with Gasteiger partial charge in [0.25, 0.3) is 14.9 Å². The van der Waals surface area contributed by atoms with Crippen LogP contribution in [-0.2, 0) is 16.7 Å². The van der Waals surface area contributed by atoms with Crippen molar-refractivity contribution in [2.24, 2.45) is 0 Å². The van der Waals surface area contributed by atoms with Crippen LogP contribution in [0, 0.1) is 4.84 Å². The maximum Gasteiger partial charge on any atom is 0.274 e. The van der Waals surface area contributed by atoms with Crippen LogP contribution in [0.5, 0.6) is 0 Å². The van der Waals surface area contributed by atoms with E-state index in [1.165, 1.54) is 16.2 Å². The Labute approximate surface area is 154 Å². The second-order valence-corrected chi connectivity index (χ2v) is 9.47. The van der Waals surface area contributed by atoms with Crippen LogP contribution in [0.25, 0.3) is 11.1 Å². The molecule has 1 aliphatic rings. The zero-order chi connectivity index (χ0) is 17.4. The minimum Gasteiger partial charge on any atom is -0.429 e. The molecule has 1 aromatic carbocycles. The third-order valence-corrected chi connectivity index (χ3v) is 8.05. The zero-order valence-electron chi connectivity index (χ0n) is 13.4. The van der Waals surface area contributed by atoms with Crippen molar-refractivity contribution >= 4 is 44.7 Å². The van der Waals surface area contributed by atoms with Crippen molar-refractivity contribution in [1.29, 1.82) is 0 Å². The van der Waals surface area contributed by atoms with Gasteiger partial charge >= 0.3 is 0 Å². The summed E-state index contributed by atoms with van der Waals surface area (Å²) in [7, 11) is -3.35. The molecule has 0 unspecified atom stereocenters. The lowest BCUT2D eigenvalue weighted by molar-refractivity contribution is -0.926. The van der Waals surface area contributed by atoms with Gasteiger partial charge in [-0.05, 0) is 35.8 Å². The Kier molecular flexibility index (Phi) is 4.50. The Bertz CT molecular complexity index is 1030. The molecule has 1 saturated heterocycles. The van der Waals surface area contributed by atoms with Crippen LogP contribution in [-0.4, -0.2) is 43.5 Å². The van der Waals surface area contributed by atoms with Gasteiger partial charge in [0.05, 0.1) is 31.7 Å². The van der Waals surface area contributed by atoms with Crippen molar-refractivity contribution < 1.29 is 17.7 Å². The quantitative estimate of drug-likeness (QED) is 0.680. The van der Waals surface area contributed by atoms with Crippen LogP contribution in [0.2, 0.25) is 0 Å². The molecule has 3 heterocycles. The highest BCUT2D eigenvalue weighted by molar-refractivity contribution is 7.91. The molecule has 25 heavy (non-hydrogen) atoms. The molecule has 132 valence electrons. The van der Waals surface area contributed by atoms with Gasteiger partial charge in [-0.1, -0.05) is 18.2 Å². The number of sulfonamides is 1. The lowest BCUT2D eigenvalue weighted by Crippen LogP contribution is -3.14. The van der Waals surface area contributed by atoms with E-state index >= 15 is 0 Å². The maximum absolute atomic E-state index is 12.6. The van der Waals surface area contributed by atoms with E-state index in [9.17, 15) is 8.42 Å². The molecular weight excluding hydrogens is 378 g/mol. The number of hydrogen-bond acceptors (Lipinski definition) is 5. The number of quaternary nitrogens is 1. The summed E-state index contributed by atoms with van der Waals surface area (Å²) >= 11 is 6.60. The number of rotatable bonds is 4. The van der Waals surface area contributed by atoms with Crippen molar-refractivity contribution in [1.82, 2.24) is 8.87 Å². The van der Waals surface area contributed by atoms with Crippen molar-refractivity contribution in [2.45, 2.75) is 10.9 Å². The van der Waals surface area contributed by atoms with E-state index in [1.807, 2.05) is 28.8 Å². The zero-order valence-corrected chi connectivity index (χ0v) is 15.9. The minimum absolute atomic E-state index is 0.416. The highest BCUT2D eigenvalue weighted by Crippen LogP contribution is 2.21. The molecule has 0 bridgehead atoms. The highest BCUT2D eigenvalue weighted by Gasteiger charge is 2.31. The van der Waals surface area contributed by atoms with Crippen molar-refractivity contribution in [3.8, 4) is 0 Å². The topological polar surface area (TPSA) is 59.9 Å². The second kappa shape index (κ2) is 6.65. The lowest BCUT2D eigenvalue weighted by Gasteiger charge is -2.31. The maximum atomic E-state index is 12.6. The summed E-state index contributed by atoms with van der Waals surface area (Å²) in [5.41, 5.74) is 1.76. The van der Waals surface area contributed by atoms with Crippen LogP contribution < -0.4 is 4.90 Å². The molecule has 1 aliphatic heterocycles. The van der Waals surface area contributed by atoms with Gasteiger partial charge in [0.2, 0.25) is 0 Å². The second-order valence-electron chi connectivity index (χ2n) is 6.01. The molecule has 6 nitrogen and oxygen atoms in total. The number of piperazine rings is 1. The number of thiophene rings is 1. The van der Waals surface area contributed by atoms with Gasteiger partial charge in [0, 0.05) is 0 Å². The number of oxazole rings is 1. The van der Waals surface area contributed by atoms with E-state index in [4.69, 9.17) is 16.6 Å². The standard InChI is InChI=1S/C16H17N3O3S3/c20-25(21,15-6-3-11-24-15)18-9-7-17(8-10-18)12-19-13-4-1-2-5-14(13)22-16(19)23/h1-6,11H,7-10,12H2/p+1. The van der Waals surface area contributed by atoms with Crippen LogP contribution in [0.15, 0.2) is 50.4 Å². The number of para-hydroxylation sites is 2. The molecule has 1 fully saturated rings. The molecular formula is C16H18N3O3S3+. The summed E-state index contributed by atoms with van der Waals surface area (Å²) in [6.45, 7) is 3.19. The smallest absolute Gasteiger partial charge is 0.274 e. The molecule has 0 amide bonds. The van der Waals surface area contributed by atoms with Gasteiger partial charge in [-0.15, -0.1) is 11.3 Å². The summed E-state index contributed by atoms with van der Waals surface area (Å²) in [6, 6.07) is 11.2. The molecule has 9 heteroatoms. The molecule has 3 aromatic rings. The van der Waals surface area contributed by atoms with E-state index in [0.29, 0.717) is 28.8 Å². The van der Waals surface area contributed by atoms with E-state index in [2.05, 4.69) is 0 Å². The Morgan fingerprint density at radius 2 is 1.92 bits per heavy atom. The number of benzene rings is 1. The van der Waals surface area contributed by atoms with Crippen LogP contribution in [0.4, 0.5) is 0 Å². The largest absolute Gasteiger partial charge is 0.429 e. The van der Waals surface area contributed by atoms with E-state index in [1.54, 1.807) is 21.8 Å². The molecule has 0 aliphatic carbocycles. The monoisotopic (exact) mass is 396 g/mol. The first-order valence-electron chi connectivity index (χ1n) is 8.01. The molecule has 0 spiro atoms. The van der Waals surface area contributed by atoms with E-state index < -0.39 is 10.0 Å². The summed E-state index contributed by atoms with van der Waals surface area (Å²) in [5, 5.41) is 1.79. The van der Waals surface area contributed by atoms with Crippen LogP contribution >= 0.6 is 23.6 Å². The van der Waals surface area contributed by atoms with E-state index in [-0.39, 0.29) is 0 Å². The number of fused-ring (bicyclic) bond motifs is 1. The highest BCUT2D eigenvalue weighted by atomic mass is 32.2. The molecule has 4 rings (SSSR count). The van der Waals surface area contributed by atoms with Gasteiger partial charge in [-0.25, -0.2) is 8.42 Å². The summed E-state index contributed by atoms with van der Waals surface area (Å²) in [6.07, 6.45) is 0. The normalized spacial score (nSPS) is 17.3. The Hall–Kier alpha value is -1.52. The van der Waals surface area contributed by atoms with Gasteiger partial charge in [0.15, 0.2) is 12.3 Å². The average molecular weight is 397 g/mol. The number of aromatic nitrogens is 1. The SMILES string of the molecule is O=S(=O)(c1cccs1)N1CC[NH+](Cn2c(=S)oc3ccccc32)CC1. The lowest BCUT2D eigenvalue weighted by atomic mass is 10.3. The number of hydrogen-bond donors (Lipinski definition) is 1. The fourth-order valence-electron chi connectivity index (χ4n) is 3.13. The molecule has 2 aromatic heterocycles. The third-order valence-electron chi connectivity index (χ3n) is 4.47. The summed E-state index contributed by atoms with van der Waals surface area (Å²) in [4.78, 5) is 1.75. The van der Waals surface area contributed by atoms with Gasteiger partial charge in [-0.3, -0.25) is 4.57 Å². The average Bonchev–Trinajstić information content (AvgIpc) is 3.25. The Morgan fingerprint density at radius 1 is 1.16 bits per heavy atom. The number of nitrogens with one attached hydrogen (secondary N) is 1. The van der Waals surface area contributed by atoms with Crippen molar-refractivity contribution in [3.05, 3.63) is 46.6 Å². The molecule has 0 atom stereocenters. The van der Waals surface area contributed by atoms with E-state index in [0.717, 1.165) is 24.2 Å². The van der Waals surface area contributed by atoms with Gasteiger partial charge in [0.1, 0.15) is 4.21 Å². The minimum atomic E-state index is -3.35. The summed E-state index contributed by atoms with van der Waals surface area (Å²) < 4.78 is 34.8. The van der Waals surface area contributed by atoms with Crippen molar-refractivity contribution in [3.63, 3.8) is 0 Å². The fraction of sp³-hybridized carbons (Fsp3) is 0.312. The first kappa shape index (κ1) is 16.9. The van der Waals surface area contributed by atoms with Gasteiger partial charge < -0.3 is 9.32 Å². The Balaban J connectivity index is 1.47. The first-order valence-corrected chi connectivity index (χ1v) is 10.7. The molecule has 0 saturated carbocycles. The van der Waals surface area contributed by atoms with Crippen LogP contribution in [0.3, 0.4) is 0 Å². The predicted octanol–water partition coefficient (Wildman–Crippen LogP) is 1.57. The third kappa shape index (κ3) is 3.18. The van der Waals surface area contributed by atoms with Crippen molar-refractivity contribution in [2.75, 3.05) is 26.2 Å². The van der Waals surface area contributed by atoms with Crippen LogP contribution in [0.1, 0.15) is 0 Å². The summed E-state index contributed by atoms with van der Waals surface area (Å²) in [5.74, 6) is 0. The fourth-order valence-corrected chi connectivity index (χ4v) is 5.96. The number of nitrogens with zero attached hydrogens (tertiary/aromatic N) is 2. The predicted molar refractivity (Wildman–Crippen MR) is 98.8 cm³/mol. The molecule has 0 radical (unpaired) electrons. The first-order chi connectivity index (χ1) is 12.1.